The highest BCUT2D eigenvalue weighted by Gasteiger charge is 2.08. The highest BCUT2D eigenvalue weighted by atomic mass is 35.5. The fraction of sp³-hybridized carbons (Fsp3) is 0.556. The minimum atomic E-state index is -0.0397. The van der Waals surface area contributed by atoms with Crippen molar-refractivity contribution in [1.82, 2.24) is 9.78 Å². The van der Waals surface area contributed by atoms with E-state index in [1.165, 1.54) is 0 Å². The Morgan fingerprint density at radius 3 is 2.92 bits per heavy atom. The molecule has 0 spiro atoms. The van der Waals surface area contributed by atoms with Crippen LogP contribution in [0.15, 0.2) is 6.20 Å². The van der Waals surface area contributed by atoms with Crippen molar-refractivity contribution >= 4 is 17.9 Å². The highest BCUT2D eigenvalue weighted by molar-refractivity contribution is 6.30. The van der Waals surface area contributed by atoms with Gasteiger partial charge >= 0.3 is 0 Å². The van der Waals surface area contributed by atoms with Crippen molar-refractivity contribution in [3.8, 4) is 0 Å². The van der Waals surface area contributed by atoms with Gasteiger partial charge in [0.25, 0.3) is 0 Å². The summed E-state index contributed by atoms with van der Waals surface area (Å²) in [6.45, 7) is 4.43. The van der Waals surface area contributed by atoms with Gasteiger partial charge in [0.1, 0.15) is 11.4 Å². The van der Waals surface area contributed by atoms with Crippen LogP contribution in [0.2, 0.25) is 5.15 Å². The molecule has 1 atom stereocenters. The monoisotopic (exact) mass is 200 g/mol. The average Bonchev–Trinajstić information content (AvgIpc) is 2.48. The van der Waals surface area contributed by atoms with E-state index in [1.807, 2.05) is 13.8 Å². The summed E-state index contributed by atoms with van der Waals surface area (Å²) < 4.78 is 1.67. The normalized spacial score (nSPS) is 12.8. The van der Waals surface area contributed by atoms with E-state index in [0.29, 0.717) is 11.7 Å². The van der Waals surface area contributed by atoms with Crippen LogP contribution in [0, 0.1) is 5.92 Å². The molecule has 1 aromatic rings. The summed E-state index contributed by atoms with van der Waals surface area (Å²) in [5.41, 5.74) is 1.03. The number of hydrogen-bond acceptors (Lipinski definition) is 2. The van der Waals surface area contributed by atoms with Crippen molar-refractivity contribution in [2.75, 3.05) is 0 Å². The number of aryl methyl sites for hydroxylation is 1. The minimum absolute atomic E-state index is 0.0397. The van der Waals surface area contributed by atoms with Crippen molar-refractivity contribution in [2.24, 2.45) is 5.92 Å². The molecule has 0 amide bonds. The molecule has 0 aliphatic rings. The molecule has 1 rings (SSSR count). The third kappa shape index (κ3) is 2.31. The molecule has 1 unspecified atom stereocenters. The molecule has 0 aliphatic carbocycles. The minimum Gasteiger partial charge on any atom is -0.303 e. The Bertz CT molecular complexity index is 296. The van der Waals surface area contributed by atoms with Crippen molar-refractivity contribution in [1.29, 1.82) is 0 Å². The SMILES string of the molecule is CCc1cnn(CC(C)C=O)c1Cl. The van der Waals surface area contributed by atoms with E-state index in [2.05, 4.69) is 5.10 Å². The first-order valence-electron chi connectivity index (χ1n) is 4.34. The summed E-state index contributed by atoms with van der Waals surface area (Å²) in [6.07, 6.45) is 3.53. The van der Waals surface area contributed by atoms with Crippen molar-refractivity contribution in [3.63, 3.8) is 0 Å². The molecule has 1 aromatic heterocycles. The molecule has 1 heterocycles. The van der Waals surface area contributed by atoms with Gasteiger partial charge in [0.15, 0.2) is 0 Å². The lowest BCUT2D eigenvalue weighted by Crippen LogP contribution is -2.09. The van der Waals surface area contributed by atoms with Gasteiger partial charge in [-0.3, -0.25) is 4.68 Å². The summed E-state index contributed by atoms with van der Waals surface area (Å²) in [5.74, 6) is -0.0397. The van der Waals surface area contributed by atoms with E-state index in [1.54, 1.807) is 10.9 Å². The molecular weight excluding hydrogens is 188 g/mol. The van der Waals surface area contributed by atoms with Crippen molar-refractivity contribution in [2.45, 2.75) is 26.8 Å². The van der Waals surface area contributed by atoms with Crippen molar-refractivity contribution in [3.05, 3.63) is 16.9 Å². The van der Waals surface area contributed by atoms with Gasteiger partial charge in [0.05, 0.1) is 12.7 Å². The molecule has 13 heavy (non-hydrogen) atoms. The molecule has 0 radical (unpaired) electrons. The topological polar surface area (TPSA) is 34.9 Å². The number of aldehydes is 1. The molecular formula is C9H13ClN2O. The molecule has 0 saturated heterocycles. The third-order valence-electron chi connectivity index (χ3n) is 1.92. The fourth-order valence-electron chi connectivity index (χ4n) is 1.09. The lowest BCUT2D eigenvalue weighted by molar-refractivity contribution is -0.111. The lowest BCUT2D eigenvalue weighted by Gasteiger charge is -2.04. The summed E-state index contributed by atoms with van der Waals surface area (Å²) in [4.78, 5) is 10.4. The molecule has 4 heteroatoms. The van der Waals surface area contributed by atoms with E-state index in [0.717, 1.165) is 18.3 Å². The van der Waals surface area contributed by atoms with Crippen LogP contribution in [-0.2, 0) is 17.8 Å². The molecule has 0 saturated carbocycles. The Morgan fingerprint density at radius 1 is 1.77 bits per heavy atom. The zero-order chi connectivity index (χ0) is 9.84. The van der Waals surface area contributed by atoms with E-state index in [-0.39, 0.29) is 5.92 Å². The first-order valence-corrected chi connectivity index (χ1v) is 4.72. The fourth-order valence-corrected chi connectivity index (χ4v) is 1.38. The first kappa shape index (κ1) is 10.3. The molecule has 3 nitrogen and oxygen atoms in total. The van der Waals surface area contributed by atoms with Crippen LogP contribution in [0.25, 0.3) is 0 Å². The zero-order valence-electron chi connectivity index (χ0n) is 7.83. The molecule has 0 aliphatic heterocycles. The maximum absolute atomic E-state index is 10.4. The van der Waals surface area contributed by atoms with Gasteiger partial charge < -0.3 is 4.79 Å². The maximum Gasteiger partial charge on any atom is 0.130 e. The van der Waals surface area contributed by atoms with Crippen LogP contribution in [0.3, 0.4) is 0 Å². The van der Waals surface area contributed by atoms with Crippen LogP contribution in [-0.4, -0.2) is 16.1 Å². The molecule has 0 fully saturated rings. The Morgan fingerprint density at radius 2 is 2.46 bits per heavy atom. The summed E-state index contributed by atoms with van der Waals surface area (Å²) in [5, 5.41) is 4.75. The van der Waals surface area contributed by atoms with Gasteiger partial charge in [-0.05, 0) is 6.42 Å². The number of carbonyl (C=O) groups excluding carboxylic acids is 1. The van der Waals surface area contributed by atoms with Gasteiger partial charge in [-0.15, -0.1) is 0 Å². The quantitative estimate of drug-likeness (QED) is 0.697. The molecule has 72 valence electrons. The zero-order valence-corrected chi connectivity index (χ0v) is 8.58. The number of hydrogen-bond donors (Lipinski definition) is 0. The standard InChI is InChI=1S/C9H13ClN2O/c1-3-8-4-11-12(9(8)10)5-7(2)6-13/h4,6-7H,3,5H2,1-2H3. The summed E-state index contributed by atoms with van der Waals surface area (Å²) in [6, 6.07) is 0. The van der Waals surface area contributed by atoms with E-state index in [9.17, 15) is 4.79 Å². The highest BCUT2D eigenvalue weighted by Crippen LogP contribution is 2.16. The summed E-state index contributed by atoms with van der Waals surface area (Å²) in [7, 11) is 0. The van der Waals surface area contributed by atoms with E-state index < -0.39 is 0 Å². The number of nitrogens with zero attached hydrogens (tertiary/aromatic N) is 2. The lowest BCUT2D eigenvalue weighted by atomic mass is 10.2. The van der Waals surface area contributed by atoms with Crippen LogP contribution < -0.4 is 0 Å². The smallest absolute Gasteiger partial charge is 0.130 e. The number of carbonyl (C=O) groups is 1. The van der Waals surface area contributed by atoms with Gasteiger partial charge in [-0.25, -0.2) is 0 Å². The maximum atomic E-state index is 10.4. The Balaban J connectivity index is 2.77. The largest absolute Gasteiger partial charge is 0.303 e. The third-order valence-corrected chi connectivity index (χ3v) is 2.36. The van der Waals surface area contributed by atoms with Gasteiger partial charge in [-0.1, -0.05) is 25.4 Å². The van der Waals surface area contributed by atoms with Crippen molar-refractivity contribution < 1.29 is 4.79 Å². The second-order valence-corrected chi connectivity index (χ2v) is 3.47. The Labute approximate surface area is 82.7 Å². The molecule has 0 aromatic carbocycles. The molecule has 0 N–H and O–H groups in total. The van der Waals surface area contributed by atoms with Crippen LogP contribution in [0.1, 0.15) is 19.4 Å². The van der Waals surface area contributed by atoms with Gasteiger partial charge in [0, 0.05) is 11.5 Å². The summed E-state index contributed by atoms with van der Waals surface area (Å²) >= 11 is 6.01. The first-order chi connectivity index (χ1) is 6.19. The molecule has 0 bridgehead atoms. The second-order valence-electron chi connectivity index (χ2n) is 3.11. The van der Waals surface area contributed by atoms with Crippen LogP contribution in [0.5, 0.6) is 0 Å². The number of aromatic nitrogens is 2. The predicted octanol–water partition coefficient (Wildman–Crippen LogP) is 1.93. The van der Waals surface area contributed by atoms with Crippen LogP contribution in [0.4, 0.5) is 0 Å². The van der Waals surface area contributed by atoms with E-state index in [4.69, 9.17) is 11.6 Å². The Kier molecular flexibility index (Phi) is 3.48. The predicted molar refractivity (Wildman–Crippen MR) is 51.8 cm³/mol. The van der Waals surface area contributed by atoms with Gasteiger partial charge in [0.2, 0.25) is 0 Å². The number of rotatable bonds is 4. The average molecular weight is 201 g/mol. The van der Waals surface area contributed by atoms with Gasteiger partial charge in [-0.2, -0.15) is 5.10 Å². The number of halogens is 1. The second kappa shape index (κ2) is 4.42. The van der Waals surface area contributed by atoms with E-state index >= 15 is 0 Å². The van der Waals surface area contributed by atoms with Crippen LogP contribution >= 0.6 is 11.6 Å². The Hall–Kier alpha value is -0.830.